The number of rotatable bonds is 7. The quantitative estimate of drug-likeness (QED) is 0.549. The monoisotopic (exact) mass is 407 g/mol. The number of aliphatic carboxylic acids is 1. The summed E-state index contributed by atoms with van der Waals surface area (Å²) in [6.07, 6.45) is 0. The fraction of sp³-hybridized carbons (Fsp3) is 0.182. The van der Waals surface area contributed by atoms with Gasteiger partial charge in [-0.25, -0.2) is 9.48 Å². The highest BCUT2D eigenvalue weighted by atomic mass is 16.4. The molecule has 3 rings (SSSR count). The Hall–Kier alpha value is -3.78. The standard InChI is InChI=1S/C22H21N3O5/c1-2-25-21(28)18(20(27)23-16(13-26)22(29)30)17(14-9-5-3-6-10-14)19(24-25)15-11-7-4-8-12-15/h3-12,16,26H,2,13H2,1H3,(H,23,27)(H,29,30). The number of hydrogen-bond donors (Lipinski definition) is 3. The second-order valence-corrected chi connectivity index (χ2v) is 6.50. The Morgan fingerprint density at radius 1 is 1.03 bits per heavy atom. The number of amides is 1. The van der Waals surface area contributed by atoms with E-state index in [2.05, 4.69) is 10.4 Å². The number of benzene rings is 2. The van der Waals surface area contributed by atoms with E-state index in [1.54, 1.807) is 37.3 Å². The Labute approximate surface area is 172 Å². The zero-order chi connectivity index (χ0) is 21.7. The number of hydrogen-bond acceptors (Lipinski definition) is 5. The Morgan fingerprint density at radius 2 is 1.60 bits per heavy atom. The predicted octanol–water partition coefficient (Wildman–Crippen LogP) is 1.77. The number of nitrogens with one attached hydrogen (secondary N) is 1. The molecule has 0 spiro atoms. The van der Waals surface area contributed by atoms with Crippen molar-refractivity contribution in [3.63, 3.8) is 0 Å². The molecule has 8 nitrogen and oxygen atoms in total. The van der Waals surface area contributed by atoms with Gasteiger partial charge in [-0.05, 0) is 12.5 Å². The first-order valence-corrected chi connectivity index (χ1v) is 9.38. The van der Waals surface area contributed by atoms with Crippen LogP contribution in [0, 0.1) is 0 Å². The summed E-state index contributed by atoms with van der Waals surface area (Å²) in [4.78, 5) is 37.4. The van der Waals surface area contributed by atoms with Gasteiger partial charge in [0, 0.05) is 17.7 Å². The number of nitrogens with zero attached hydrogens (tertiary/aromatic N) is 2. The van der Waals surface area contributed by atoms with Gasteiger partial charge >= 0.3 is 5.97 Å². The second-order valence-electron chi connectivity index (χ2n) is 6.50. The highest BCUT2D eigenvalue weighted by Crippen LogP contribution is 2.32. The first kappa shape index (κ1) is 20.9. The van der Waals surface area contributed by atoms with E-state index in [0.717, 1.165) is 0 Å². The maximum Gasteiger partial charge on any atom is 0.328 e. The minimum atomic E-state index is -1.54. The maximum absolute atomic E-state index is 13.1. The van der Waals surface area contributed by atoms with Gasteiger partial charge in [-0.1, -0.05) is 60.7 Å². The van der Waals surface area contributed by atoms with Crippen molar-refractivity contribution in [2.45, 2.75) is 19.5 Å². The number of aryl methyl sites for hydroxylation is 1. The average Bonchev–Trinajstić information content (AvgIpc) is 2.77. The molecule has 0 aliphatic heterocycles. The number of aliphatic hydroxyl groups is 1. The van der Waals surface area contributed by atoms with Crippen LogP contribution in [0.4, 0.5) is 0 Å². The third-order valence-electron chi connectivity index (χ3n) is 4.58. The van der Waals surface area contributed by atoms with Gasteiger partial charge in [-0.15, -0.1) is 0 Å². The molecule has 0 aliphatic carbocycles. The van der Waals surface area contributed by atoms with Crippen molar-refractivity contribution in [3.8, 4) is 22.4 Å². The maximum atomic E-state index is 13.1. The van der Waals surface area contributed by atoms with Crippen LogP contribution in [0.5, 0.6) is 0 Å². The topological polar surface area (TPSA) is 122 Å². The van der Waals surface area contributed by atoms with E-state index in [9.17, 15) is 24.6 Å². The van der Waals surface area contributed by atoms with Gasteiger partial charge in [0.05, 0.1) is 12.3 Å². The molecule has 1 atom stereocenters. The van der Waals surface area contributed by atoms with Crippen molar-refractivity contribution in [1.82, 2.24) is 15.1 Å². The van der Waals surface area contributed by atoms with E-state index in [0.29, 0.717) is 22.4 Å². The molecule has 1 amide bonds. The van der Waals surface area contributed by atoms with Crippen LogP contribution in [-0.2, 0) is 11.3 Å². The summed E-state index contributed by atoms with van der Waals surface area (Å²) in [6, 6.07) is 16.4. The van der Waals surface area contributed by atoms with E-state index in [-0.39, 0.29) is 12.1 Å². The lowest BCUT2D eigenvalue weighted by Gasteiger charge is -2.18. The molecule has 0 bridgehead atoms. The summed E-state index contributed by atoms with van der Waals surface area (Å²) in [7, 11) is 0. The van der Waals surface area contributed by atoms with Crippen LogP contribution >= 0.6 is 0 Å². The van der Waals surface area contributed by atoms with Crippen molar-refractivity contribution in [3.05, 3.63) is 76.6 Å². The Morgan fingerprint density at radius 3 is 2.10 bits per heavy atom. The molecule has 154 valence electrons. The number of aliphatic hydroxyl groups excluding tert-OH is 1. The van der Waals surface area contributed by atoms with Crippen molar-refractivity contribution in [2.75, 3.05) is 6.61 Å². The van der Waals surface area contributed by atoms with Crippen molar-refractivity contribution in [2.24, 2.45) is 0 Å². The van der Waals surface area contributed by atoms with Crippen LogP contribution in [0.15, 0.2) is 65.5 Å². The molecule has 2 aromatic carbocycles. The number of carbonyl (C=O) groups excluding carboxylic acids is 1. The molecule has 0 aliphatic rings. The third kappa shape index (κ3) is 4.13. The SMILES string of the molecule is CCn1nc(-c2ccccc2)c(-c2ccccc2)c(C(=O)NC(CO)C(=O)O)c1=O. The molecule has 0 fully saturated rings. The molecule has 1 heterocycles. The summed E-state index contributed by atoms with van der Waals surface area (Å²) in [6.45, 7) is 1.14. The van der Waals surface area contributed by atoms with E-state index in [1.807, 2.05) is 30.3 Å². The number of carboxylic acids is 1. The Bertz CT molecular complexity index is 1110. The lowest BCUT2D eigenvalue weighted by molar-refractivity contribution is -0.140. The van der Waals surface area contributed by atoms with Crippen LogP contribution in [0.3, 0.4) is 0 Å². The van der Waals surface area contributed by atoms with Crippen molar-refractivity contribution in [1.29, 1.82) is 0 Å². The first-order chi connectivity index (χ1) is 14.5. The van der Waals surface area contributed by atoms with Gasteiger partial charge in [-0.3, -0.25) is 9.59 Å². The molecule has 0 saturated heterocycles. The number of aromatic nitrogens is 2. The fourth-order valence-electron chi connectivity index (χ4n) is 3.10. The molecular formula is C22H21N3O5. The minimum absolute atomic E-state index is 0.219. The van der Waals surface area contributed by atoms with Gasteiger partial charge < -0.3 is 15.5 Å². The van der Waals surface area contributed by atoms with Crippen LogP contribution in [0.1, 0.15) is 17.3 Å². The zero-order valence-electron chi connectivity index (χ0n) is 16.3. The normalized spacial score (nSPS) is 11.7. The highest BCUT2D eigenvalue weighted by Gasteiger charge is 2.28. The van der Waals surface area contributed by atoms with Gasteiger partial charge in [0.1, 0.15) is 5.56 Å². The van der Waals surface area contributed by atoms with E-state index >= 15 is 0 Å². The summed E-state index contributed by atoms with van der Waals surface area (Å²) >= 11 is 0. The minimum Gasteiger partial charge on any atom is -0.480 e. The van der Waals surface area contributed by atoms with Crippen molar-refractivity contribution < 1.29 is 19.8 Å². The molecule has 1 aromatic heterocycles. The van der Waals surface area contributed by atoms with Crippen molar-refractivity contribution >= 4 is 11.9 Å². The molecule has 3 N–H and O–H groups in total. The molecule has 3 aromatic rings. The summed E-state index contributed by atoms with van der Waals surface area (Å²) < 4.78 is 1.17. The van der Waals surface area contributed by atoms with Crippen LogP contribution < -0.4 is 10.9 Å². The molecular weight excluding hydrogens is 386 g/mol. The first-order valence-electron chi connectivity index (χ1n) is 9.38. The van der Waals surface area contributed by atoms with Gasteiger partial charge in [0.25, 0.3) is 11.5 Å². The molecule has 1 unspecified atom stereocenters. The number of carboxylic acid groups (broad SMARTS) is 1. The number of carbonyl (C=O) groups is 2. The van der Waals surface area contributed by atoms with Crippen LogP contribution in [-0.4, -0.2) is 44.5 Å². The molecule has 8 heteroatoms. The average molecular weight is 407 g/mol. The largest absolute Gasteiger partial charge is 0.480 e. The van der Waals surface area contributed by atoms with Gasteiger partial charge in [0.2, 0.25) is 0 Å². The third-order valence-corrected chi connectivity index (χ3v) is 4.58. The second kappa shape index (κ2) is 9.15. The summed E-state index contributed by atoms with van der Waals surface area (Å²) in [5, 5.41) is 25.2. The lowest BCUT2D eigenvalue weighted by Crippen LogP contribution is -2.46. The fourth-order valence-corrected chi connectivity index (χ4v) is 3.10. The summed E-state index contributed by atoms with van der Waals surface area (Å²) in [5.41, 5.74) is 1.14. The smallest absolute Gasteiger partial charge is 0.328 e. The lowest BCUT2D eigenvalue weighted by atomic mass is 9.95. The Balaban J connectivity index is 2.33. The molecule has 30 heavy (non-hydrogen) atoms. The van der Waals surface area contributed by atoms with Gasteiger partial charge in [0.15, 0.2) is 6.04 Å². The van der Waals surface area contributed by atoms with E-state index < -0.39 is 30.1 Å². The molecule has 0 saturated carbocycles. The van der Waals surface area contributed by atoms with E-state index in [4.69, 9.17) is 0 Å². The predicted molar refractivity (Wildman–Crippen MR) is 111 cm³/mol. The molecule has 0 radical (unpaired) electrons. The summed E-state index contributed by atoms with van der Waals surface area (Å²) in [5.74, 6) is -2.29. The van der Waals surface area contributed by atoms with E-state index in [1.165, 1.54) is 4.68 Å². The zero-order valence-corrected chi connectivity index (χ0v) is 16.3. The Kier molecular flexibility index (Phi) is 6.38. The van der Waals surface area contributed by atoms with Gasteiger partial charge in [-0.2, -0.15) is 5.10 Å². The highest BCUT2D eigenvalue weighted by molar-refractivity contribution is 6.04. The van der Waals surface area contributed by atoms with Crippen LogP contribution in [0.25, 0.3) is 22.4 Å². The van der Waals surface area contributed by atoms with Crippen LogP contribution in [0.2, 0.25) is 0 Å².